The Bertz CT molecular complexity index is 461. The fourth-order valence-electron chi connectivity index (χ4n) is 2.21. The van der Waals surface area contributed by atoms with E-state index in [0.29, 0.717) is 31.0 Å². The molecule has 1 fully saturated rings. The van der Waals surface area contributed by atoms with Crippen LogP contribution in [0.2, 0.25) is 0 Å². The standard InChI is InChI=1S/C13H18N2O4/c1-10-11(3-9-19-10)13(18)15-7-5-14(6-8-15)4-2-12(16)17/h3,9H,2,4-8H2,1H3,(H,16,17). The van der Waals surface area contributed by atoms with Crippen LogP contribution in [0.1, 0.15) is 22.5 Å². The quantitative estimate of drug-likeness (QED) is 0.873. The van der Waals surface area contributed by atoms with E-state index in [4.69, 9.17) is 9.52 Å². The number of carbonyl (C=O) groups excluding carboxylic acids is 1. The number of hydrogen-bond donors (Lipinski definition) is 1. The number of amides is 1. The lowest BCUT2D eigenvalue weighted by Gasteiger charge is -2.34. The number of piperazine rings is 1. The minimum absolute atomic E-state index is 0.0101. The Kier molecular flexibility index (Phi) is 4.21. The number of nitrogens with zero attached hydrogens (tertiary/aromatic N) is 2. The van der Waals surface area contributed by atoms with Crippen molar-refractivity contribution in [2.24, 2.45) is 0 Å². The fourth-order valence-corrected chi connectivity index (χ4v) is 2.21. The van der Waals surface area contributed by atoms with Gasteiger partial charge in [0, 0.05) is 32.7 Å². The number of hydrogen-bond acceptors (Lipinski definition) is 4. The second-order valence-electron chi connectivity index (χ2n) is 4.67. The average Bonchev–Trinajstić information content (AvgIpc) is 2.82. The molecule has 1 aliphatic rings. The average molecular weight is 266 g/mol. The van der Waals surface area contributed by atoms with E-state index < -0.39 is 5.97 Å². The van der Waals surface area contributed by atoms with Crippen molar-refractivity contribution in [3.63, 3.8) is 0 Å². The largest absolute Gasteiger partial charge is 0.481 e. The molecule has 6 nitrogen and oxygen atoms in total. The van der Waals surface area contributed by atoms with Crippen molar-refractivity contribution in [1.82, 2.24) is 9.80 Å². The Balaban J connectivity index is 1.85. The first-order valence-corrected chi connectivity index (χ1v) is 6.35. The topological polar surface area (TPSA) is 74.0 Å². The zero-order valence-electron chi connectivity index (χ0n) is 11.0. The Morgan fingerprint density at radius 1 is 1.32 bits per heavy atom. The van der Waals surface area contributed by atoms with Crippen molar-refractivity contribution < 1.29 is 19.1 Å². The van der Waals surface area contributed by atoms with Crippen molar-refractivity contribution in [2.75, 3.05) is 32.7 Å². The van der Waals surface area contributed by atoms with Crippen LogP contribution < -0.4 is 0 Å². The van der Waals surface area contributed by atoms with E-state index >= 15 is 0 Å². The monoisotopic (exact) mass is 266 g/mol. The lowest BCUT2D eigenvalue weighted by molar-refractivity contribution is -0.137. The Hall–Kier alpha value is -1.82. The molecule has 1 aliphatic heterocycles. The highest BCUT2D eigenvalue weighted by Gasteiger charge is 2.24. The van der Waals surface area contributed by atoms with Crippen LogP contribution in [-0.4, -0.2) is 59.5 Å². The Morgan fingerprint density at radius 3 is 2.53 bits per heavy atom. The van der Waals surface area contributed by atoms with E-state index in [0.717, 1.165) is 13.1 Å². The lowest BCUT2D eigenvalue weighted by Crippen LogP contribution is -2.49. The number of carboxylic acid groups (broad SMARTS) is 1. The number of carbonyl (C=O) groups is 2. The van der Waals surface area contributed by atoms with Gasteiger partial charge >= 0.3 is 5.97 Å². The van der Waals surface area contributed by atoms with Crippen LogP contribution >= 0.6 is 0 Å². The van der Waals surface area contributed by atoms with Crippen LogP contribution in [0.5, 0.6) is 0 Å². The molecule has 19 heavy (non-hydrogen) atoms. The zero-order chi connectivity index (χ0) is 13.8. The third-order valence-electron chi connectivity index (χ3n) is 3.39. The van der Waals surface area contributed by atoms with Crippen LogP contribution in [0.3, 0.4) is 0 Å². The molecule has 1 aromatic heterocycles. The van der Waals surface area contributed by atoms with Gasteiger partial charge in [0.15, 0.2) is 0 Å². The van der Waals surface area contributed by atoms with Gasteiger partial charge in [-0.15, -0.1) is 0 Å². The first-order valence-electron chi connectivity index (χ1n) is 6.35. The van der Waals surface area contributed by atoms with Crippen LogP contribution in [0.15, 0.2) is 16.7 Å². The molecule has 104 valence electrons. The van der Waals surface area contributed by atoms with Gasteiger partial charge < -0.3 is 14.4 Å². The van der Waals surface area contributed by atoms with E-state index in [1.165, 1.54) is 6.26 Å². The van der Waals surface area contributed by atoms with Crippen molar-refractivity contribution in [3.05, 3.63) is 23.7 Å². The second kappa shape index (κ2) is 5.88. The third kappa shape index (κ3) is 3.35. The second-order valence-corrected chi connectivity index (χ2v) is 4.67. The van der Waals surface area contributed by atoms with Crippen molar-refractivity contribution in [2.45, 2.75) is 13.3 Å². The van der Waals surface area contributed by atoms with Gasteiger partial charge in [0.05, 0.1) is 18.2 Å². The van der Waals surface area contributed by atoms with E-state index in [-0.39, 0.29) is 12.3 Å². The summed E-state index contributed by atoms with van der Waals surface area (Å²) in [4.78, 5) is 26.6. The molecule has 1 saturated heterocycles. The number of rotatable bonds is 4. The van der Waals surface area contributed by atoms with Crippen LogP contribution in [-0.2, 0) is 4.79 Å². The molecule has 1 amide bonds. The van der Waals surface area contributed by atoms with Gasteiger partial charge in [0.1, 0.15) is 5.76 Å². The molecule has 2 rings (SSSR count). The van der Waals surface area contributed by atoms with Gasteiger partial charge in [0.2, 0.25) is 0 Å². The summed E-state index contributed by atoms with van der Waals surface area (Å²) in [7, 11) is 0. The Labute approximate surface area is 111 Å². The maximum atomic E-state index is 12.2. The first-order chi connectivity index (χ1) is 9.08. The molecule has 0 atom stereocenters. The van der Waals surface area contributed by atoms with E-state index in [9.17, 15) is 9.59 Å². The summed E-state index contributed by atoms with van der Waals surface area (Å²) >= 11 is 0. The summed E-state index contributed by atoms with van der Waals surface area (Å²) in [5, 5.41) is 8.64. The third-order valence-corrected chi connectivity index (χ3v) is 3.39. The molecule has 2 heterocycles. The van der Waals surface area contributed by atoms with Gasteiger partial charge in [-0.25, -0.2) is 0 Å². The molecule has 6 heteroatoms. The molecule has 0 bridgehead atoms. The highest BCUT2D eigenvalue weighted by Crippen LogP contribution is 2.13. The molecule has 1 N–H and O–H groups in total. The molecular formula is C13H18N2O4. The Morgan fingerprint density at radius 2 is 2.00 bits per heavy atom. The maximum absolute atomic E-state index is 12.2. The van der Waals surface area contributed by atoms with E-state index in [1.54, 1.807) is 17.9 Å². The van der Waals surface area contributed by atoms with Crippen molar-refractivity contribution in [3.8, 4) is 0 Å². The number of aryl methyl sites for hydroxylation is 1. The van der Waals surface area contributed by atoms with Crippen LogP contribution in [0, 0.1) is 6.92 Å². The lowest BCUT2D eigenvalue weighted by atomic mass is 10.2. The first kappa shape index (κ1) is 13.6. The molecule has 0 aromatic carbocycles. The molecular weight excluding hydrogens is 248 g/mol. The summed E-state index contributed by atoms with van der Waals surface area (Å²) < 4.78 is 5.14. The van der Waals surface area contributed by atoms with Crippen molar-refractivity contribution in [1.29, 1.82) is 0 Å². The minimum Gasteiger partial charge on any atom is -0.481 e. The predicted octanol–water partition coefficient (Wildman–Crippen LogP) is 0.821. The SMILES string of the molecule is Cc1occc1C(=O)N1CCN(CCC(=O)O)CC1. The normalized spacial score (nSPS) is 16.6. The number of aliphatic carboxylic acids is 1. The smallest absolute Gasteiger partial charge is 0.304 e. The van der Waals surface area contributed by atoms with E-state index in [1.807, 2.05) is 0 Å². The van der Waals surface area contributed by atoms with Gasteiger partial charge in [0.25, 0.3) is 5.91 Å². The molecule has 0 aliphatic carbocycles. The molecule has 0 saturated carbocycles. The molecule has 1 aromatic rings. The molecule has 0 radical (unpaired) electrons. The van der Waals surface area contributed by atoms with E-state index in [2.05, 4.69) is 4.90 Å². The summed E-state index contributed by atoms with van der Waals surface area (Å²) in [5.41, 5.74) is 0.610. The van der Waals surface area contributed by atoms with Gasteiger partial charge in [-0.1, -0.05) is 0 Å². The summed E-state index contributed by atoms with van der Waals surface area (Å²) in [6.07, 6.45) is 1.67. The van der Waals surface area contributed by atoms with Gasteiger partial charge in [-0.3, -0.25) is 14.5 Å². The van der Waals surface area contributed by atoms with Gasteiger partial charge in [-0.05, 0) is 13.0 Å². The van der Waals surface area contributed by atoms with Crippen LogP contribution in [0.25, 0.3) is 0 Å². The highest BCUT2D eigenvalue weighted by molar-refractivity contribution is 5.95. The predicted molar refractivity (Wildman–Crippen MR) is 68.0 cm³/mol. The van der Waals surface area contributed by atoms with Crippen molar-refractivity contribution >= 4 is 11.9 Å². The summed E-state index contributed by atoms with van der Waals surface area (Å²) in [6.45, 7) is 5.01. The number of furan rings is 1. The summed E-state index contributed by atoms with van der Waals surface area (Å²) in [5.74, 6) is -0.157. The molecule has 0 spiro atoms. The number of carboxylic acids is 1. The fraction of sp³-hybridized carbons (Fsp3) is 0.538. The summed E-state index contributed by atoms with van der Waals surface area (Å²) in [6, 6.07) is 1.69. The highest BCUT2D eigenvalue weighted by atomic mass is 16.4. The maximum Gasteiger partial charge on any atom is 0.304 e. The van der Waals surface area contributed by atoms with Gasteiger partial charge in [-0.2, -0.15) is 0 Å². The van der Waals surface area contributed by atoms with Crippen LogP contribution in [0.4, 0.5) is 0 Å². The minimum atomic E-state index is -0.785. The zero-order valence-corrected chi connectivity index (χ0v) is 11.0. The molecule has 0 unspecified atom stereocenters.